The van der Waals surface area contributed by atoms with Crippen LogP contribution in [0.3, 0.4) is 0 Å². The topological polar surface area (TPSA) is 176 Å². The minimum Gasteiger partial charge on any atom is -0.387 e. The summed E-state index contributed by atoms with van der Waals surface area (Å²) in [4.78, 5) is 30.0. The Morgan fingerprint density at radius 2 is 2.05 bits per heavy atom. The minimum absolute atomic E-state index is 0.0264. The molecule has 4 rings (SSSR count). The molecule has 3 aliphatic heterocycles. The van der Waals surface area contributed by atoms with Crippen molar-refractivity contribution in [1.82, 2.24) is 15.0 Å². The van der Waals surface area contributed by atoms with E-state index in [1.54, 1.807) is 0 Å². The smallest absolute Gasteiger partial charge is 0.352 e. The van der Waals surface area contributed by atoms with Crippen molar-refractivity contribution in [2.45, 2.75) is 23.5 Å². The molecular weight excluding hydrogens is 286 g/mol. The predicted molar refractivity (Wildman–Crippen MR) is 67.5 cm³/mol. The fourth-order valence-electron chi connectivity index (χ4n) is 2.51. The Morgan fingerprint density at radius 3 is 2.62 bits per heavy atom. The molecule has 0 aromatic carbocycles. The van der Waals surface area contributed by atoms with Gasteiger partial charge in [-0.2, -0.15) is 4.98 Å². The van der Waals surface area contributed by atoms with Gasteiger partial charge in [0.1, 0.15) is 17.8 Å². The molecule has 0 saturated carbocycles. The lowest BCUT2D eigenvalue weighted by atomic mass is 9.82. The molecule has 3 fully saturated rings. The molecule has 3 saturated heterocycles. The maximum absolute atomic E-state index is 11.2. The number of nitrogens with one attached hydrogen (secondary N) is 3. The van der Waals surface area contributed by atoms with Crippen LogP contribution >= 0.6 is 0 Å². The Labute approximate surface area is 117 Å². The van der Waals surface area contributed by atoms with Crippen LogP contribution in [0.1, 0.15) is 0 Å². The van der Waals surface area contributed by atoms with Crippen LogP contribution in [0.25, 0.3) is 0 Å². The van der Waals surface area contributed by atoms with E-state index in [1.807, 2.05) is 4.98 Å². The second-order valence-electron chi connectivity index (χ2n) is 5.10. The van der Waals surface area contributed by atoms with Gasteiger partial charge in [0.2, 0.25) is 5.95 Å². The lowest BCUT2D eigenvalue weighted by molar-refractivity contribution is -0.342. The Kier molecular flexibility index (Phi) is 3.11. The highest BCUT2D eigenvalue weighted by atomic mass is 16.6. The fourth-order valence-corrected chi connectivity index (χ4v) is 2.51. The summed E-state index contributed by atoms with van der Waals surface area (Å²) in [5.41, 5.74) is 1.23. The number of aromatic nitrogens is 3. The number of aromatic amines is 2. The molecule has 116 valence electrons. The van der Waals surface area contributed by atoms with Crippen molar-refractivity contribution in [3.05, 3.63) is 21.0 Å². The number of rotatable bonds is 3. The Balaban J connectivity index is 1.92. The van der Waals surface area contributed by atoms with Crippen LogP contribution in [0.2, 0.25) is 0 Å². The number of H-pyrrole nitrogens is 2. The average Bonchev–Trinajstić information content (AvgIpc) is 2.44. The lowest BCUT2D eigenvalue weighted by Crippen LogP contribution is -2.78. The fraction of sp³-hybridized carbons (Fsp3) is 0.700. The van der Waals surface area contributed by atoms with E-state index in [-0.39, 0.29) is 25.7 Å². The molecule has 1 aromatic rings. The standard InChI is InChI=1S/C10H15N5O6/c11-1-9-2-21-10(3-20-9,5(17)4(9)16)15-6-12-7(18)14-8(19)13-6/h4-5,16-17H,1-3,11H2,(H3,12,13,14,15,18,19). The SMILES string of the molecule is NCC12COC(Nc3nc(=O)[nH]c(=O)[nH]3)(CO1)C(O)C2O. The van der Waals surface area contributed by atoms with E-state index in [1.165, 1.54) is 0 Å². The lowest BCUT2D eigenvalue weighted by Gasteiger charge is -2.57. The second kappa shape index (κ2) is 4.61. The van der Waals surface area contributed by atoms with Crippen molar-refractivity contribution in [3.63, 3.8) is 0 Å². The van der Waals surface area contributed by atoms with Gasteiger partial charge in [0.05, 0.1) is 13.2 Å². The van der Waals surface area contributed by atoms with E-state index >= 15 is 0 Å². The third-order valence-electron chi connectivity index (χ3n) is 3.81. The number of aliphatic hydroxyl groups is 2. The van der Waals surface area contributed by atoms with Crippen molar-refractivity contribution in [1.29, 1.82) is 0 Å². The van der Waals surface area contributed by atoms with E-state index in [4.69, 9.17) is 15.2 Å². The molecule has 11 heteroatoms. The number of anilines is 1. The zero-order chi connectivity index (χ0) is 15.3. The molecule has 11 nitrogen and oxygen atoms in total. The van der Waals surface area contributed by atoms with E-state index < -0.39 is 34.9 Å². The van der Waals surface area contributed by atoms with Gasteiger partial charge in [0, 0.05) is 6.54 Å². The third-order valence-corrected chi connectivity index (χ3v) is 3.81. The van der Waals surface area contributed by atoms with Crippen molar-refractivity contribution in [3.8, 4) is 0 Å². The van der Waals surface area contributed by atoms with Crippen LogP contribution in [0.15, 0.2) is 9.59 Å². The third kappa shape index (κ3) is 2.06. The average molecular weight is 301 g/mol. The first-order chi connectivity index (χ1) is 9.91. The predicted octanol–water partition coefficient (Wildman–Crippen LogP) is -3.95. The van der Waals surface area contributed by atoms with Crippen molar-refractivity contribution in [2.75, 3.05) is 25.1 Å². The van der Waals surface area contributed by atoms with Crippen molar-refractivity contribution < 1.29 is 19.7 Å². The van der Waals surface area contributed by atoms with Crippen molar-refractivity contribution in [2.24, 2.45) is 5.73 Å². The summed E-state index contributed by atoms with van der Waals surface area (Å²) >= 11 is 0. The van der Waals surface area contributed by atoms with Crippen LogP contribution in [0, 0.1) is 0 Å². The Hall–Kier alpha value is -1.79. The zero-order valence-electron chi connectivity index (χ0n) is 10.8. The number of ether oxygens (including phenoxy) is 2. The number of nitrogens with zero attached hydrogens (tertiary/aromatic N) is 1. The summed E-state index contributed by atoms with van der Waals surface area (Å²) in [6.45, 7) is -0.220. The van der Waals surface area contributed by atoms with Gasteiger partial charge >= 0.3 is 11.4 Å². The highest BCUT2D eigenvalue weighted by molar-refractivity contribution is 5.30. The number of hydrogen-bond acceptors (Lipinski definition) is 9. The van der Waals surface area contributed by atoms with Gasteiger partial charge in [-0.1, -0.05) is 0 Å². The summed E-state index contributed by atoms with van der Waals surface area (Å²) < 4.78 is 11.0. The van der Waals surface area contributed by atoms with Gasteiger partial charge in [-0.05, 0) is 0 Å². The summed E-state index contributed by atoms with van der Waals surface area (Å²) in [5.74, 6) is -0.208. The Morgan fingerprint density at radius 1 is 1.29 bits per heavy atom. The normalized spacial score (nSPS) is 38.4. The molecule has 2 bridgehead atoms. The molecule has 4 unspecified atom stereocenters. The highest BCUT2D eigenvalue weighted by Crippen LogP contribution is 2.39. The van der Waals surface area contributed by atoms with Gasteiger partial charge in [-0.3, -0.25) is 9.97 Å². The molecule has 0 aliphatic carbocycles. The summed E-state index contributed by atoms with van der Waals surface area (Å²) in [5, 5.41) is 23.0. The van der Waals surface area contributed by atoms with Gasteiger partial charge < -0.3 is 30.7 Å². The summed E-state index contributed by atoms with van der Waals surface area (Å²) in [7, 11) is 0. The van der Waals surface area contributed by atoms with E-state index in [2.05, 4.69) is 15.3 Å². The summed E-state index contributed by atoms with van der Waals surface area (Å²) in [6, 6.07) is 0. The number of hydrogen-bond donors (Lipinski definition) is 6. The number of fused-ring (bicyclic) bond motifs is 3. The quantitative estimate of drug-likeness (QED) is 0.325. The molecule has 7 N–H and O–H groups in total. The molecule has 0 spiro atoms. The molecule has 21 heavy (non-hydrogen) atoms. The van der Waals surface area contributed by atoms with Crippen LogP contribution < -0.4 is 22.4 Å². The van der Waals surface area contributed by atoms with Crippen LogP contribution in [-0.2, 0) is 9.47 Å². The van der Waals surface area contributed by atoms with E-state index in [9.17, 15) is 19.8 Å². The number of aliphatic hydroxyl groups excluding tert-OH is 2. The van der Waals surface area contributed by atoms with E-state index in [0.29, 0.717) is 0 Å². The minimum atomic E-state index is -1.53. The zero-order valence-corrected chi connectivity index (χ0v) is 10.8. The first kappa shape index (κ1) is 14.2. The van der Waals surface area contributed by atoms with Gasteiger partial charge in [0.15, 0.2) is 5.72 Å². The summed E-state index contributed by atoms with van der Waals surface area (Å²) in [6.07, 6.45) is -2.67. The molecule has 4 atom stereocenters. The first-order valence-electron chi connectivity index (χ1n) is 6.24. The maximum atomic E-state index is 11.2. The molecule has 0 amide bonds. The molecule has 1 aromatic heterocycles. The van der Waals surface area contributed by atoms with Crippen LogP contribution in [-0.4, -0.2) is 68.5 Å². The molecule has 0 radical (unpaired) electrons. The first-order valence-corrected chi connectivity index (χ1v) is 6.24. The molecule has 3 aliphatic rings. The van der Waals surface area contributed by atoms with Gasteiger partial charge in [-0.15, -0.1) is 0 Å². The van der Waals surface area contributed by atoms with Gasteiger partial charge in [-0.25, -0.2) is 9.59 Å². The largest absolute Gasteiger partial charge is 0.387 e. The molecular formula is C10H15N5O6. The van der Waals surface area contributed by atoms with Crippen LogP contribution in [0.4, 0.5) is 5.95 Å². The molecule has 4 heterocycles. The van der Waals surface area contributed by atoms with Crippen molar-refractivity contribution >= 4 is 5.95 Å². The highest BCUT2D eigenvalue weighted by Gasteiger charge is 2.62. The second-order valence-corrected chi connectivity index (χ2v) is 5.10. The van der Waals surface area contributed by atoms with Gasteiger partial charge in [0.25, 0.3) is 0 Å². The maximum Gasteiger partial charge on any atom is 0.352 e. The van der Waals surface area contributed by atoms with E-state index in [0.717, 1.165) is 0 Å². The number of nitrogens with two attached hydrogens (primary N) is 1. The monoisotopic (exact) mass is 301 g/mol. The van der Waals surface area contributed by atoms with Crippen LogP contribution in [0.5, 0.6) is 0 Å². The Bertz CT molecular complexity index is 620.